The molecule has 0 aliphatic carbocycles. The molecule has 218 valence electrons. The van der Waals surface area contributed by atoms with Gasteiger partial charge in [-0.3, -0.25) is 4.79 Å². The van der Waals surface area contributed by atoms with Crippen LogP contribution in [0.15, 0.2) is 79.1 Å². The van der Waals surface area contributed by atoms with E-state index in [0.717, 1.165) is 11.1 Å². The molecule has 0 radical (unpaired) electrons. The first-order valence-corrected chi connectivity index (χ1v) is 14.4. The normalized spacial score (nSPS) is 13.4. The first-order valence-electron chi connectivity index (χ1n) is 13.7. The molecule has 1 aliphatic rings. The Balaban J connectivity index is 1.18. The highest BCUT2D eigenvalue weighted by atomic mass is 35.5. The number of alkyl carbamates (subject to hydrolysis) is 1. The molecule has 0 fully saturated rings. The zero-order chi connectivity index (χ0) is 29.8. The third-order valence-electron chi connectivity index (χ3n) is 7.08. The van der Waals surface area contributed by atoms with Crippen LogP contribution in [0.3, 0.4) is 0 Å². The summed E-state index contributed by atoms with van der Waals surface area (Å²) in [6.45, 7) is 1.65. The third-order valence-corrected chi connectivity index (χ3v) is 7.63. The number of H-pyrrole nitrogens is 1. The maximum atomic E-state index is 13.0. The van der Waals surface area contributed by atoms with Crippen molar-refractivity contribution in [2.24, 2.45) is 0 Å². The molecule has 10 nitrogen and oxygen atoms in total. The number of hydrogen-bond acceptors (Lipinski definition) is 7. The summed E-state index contributed by atoms with van der Waals surface area (Å²) in [7, 11) is 0. The Labute approximate surface area is 257 Å². The SMILES string of the molecule is O=C(NC(CCNc1ncnc2cc(C(=O)N3CC=CC3)c(Cl)cc12)c1nc2cc(Cl)ccc2[nH]1)OCc1ccccc1. The summed E-state index contributed by atoms with van der Waals surface area (Å²) >= 11 is 12.7. The van der Waals surface area contributed by atoms with Crippen molar-refractivity contribution < 1.29 is 14.3 Å². The number of fused-ring (bicyclic) bond motifs is 2. The number of carbonyl (C=O) groups is 2. The number of nitrogens with zero attached hydrogens (tertiary/aromatic N) is 4. The number of hydrogen-bond donors (Lipinski definition) is 3. The summed E-state index contributed by atoms with van der Waals surface area (Å²) in [5.74, 6) is 0.964. The van der Waals surface area contributed by atoms with Gasteiger partial charge >= 0.3 is 6.09 Å². The molecule has 12 heteroatoms. The van der Waals surface area contributed by atoms with Gasteiger partial charge in [-0.25, -0.2) is 19.7 Å². The van der Waals surface area contributed by atoms with Gasteiger partial charge in [-0.05, 0) is 42.3 Å². The topological polar surface area (TPSA) is 125 Å². The van der Waals surface area contributed by atoms with Crippen LogP contribution in [0.1, 0.15) is 34.2 Å². The number of anilines is 1. The van der Waals surface area contributed by atoms with Gasteiger partial charge in [0.1, 0.15) is 24.6 Å². The number of halogens is 2. The van der Waals surface area contributed by atoms with Crippen molar-refractivity contribution in [3.63, 3.8) is 0 Å². The van der Waals surface area contributed by atoms with Gasteiger partial charge in [0.05, 0.1) is 33.2 Å². The summed E-state index contributed by atoms with van der Waals surface area (Å²) in [6, 6.07) is 17.7. The monoisotopic (exact) mass is 615 g/mol. The van der Waals surface area contributed by atoms with Crippen LogP contribution in [-0.4, -0.2) is 56.5 Å². The number of aromatic nitrogens is 4. The second kappa shape index (κ2) is 12.7. The van der Waals surface area contributed by atoms with Gasteiger partial charge in [-0.1, -0.05) is 65.7 Å². The standard InChI is InChI=1S/C31H27Cl2N7O3/c32-20-8-9-24-27(14-20)38-29(37-24)25(39-31(42)43-17-19-6-2-1-3-7-19)10-11-34-28-22-15-23(33)21(16-26(22)35-18-36-28)30(41)40-12-4-5-13-40/h1-9,14-16,18,25H,10-13,17H2,(H,37,38)(H,39,42)(H,34,35,36). The first kappa shape index (κ1) is 28.4. The average Bonchev–Trinajstić information content (AvgIpc) is 3.70. The zero-order valence-electron chi connectivity index (χ0n) is 22.9. The van der Waals surface area contributed by atoms with E-state index < -0.39 is 12.1 Å². The lowest BCUT2D eigenvalue weighted by atomic mass is 10.1. The van der Waals surface area contributed by atoms with Crippen LogP contribution in [0.4, 0.5) is 10.6 Å². The quantitative estimate of drug-likeness (QED) is 0.166. The minimum Gasteiger partial charge on any atom is -0.445 e. The smallest absolute Gasteiger partial charge is 0.408 e. The summed E-state index contributed by atoms with van der Waals surface area (Å²) < 4.78 is 5.47. The van der Waals surface area contributed by atoms with E-state index in [1.807, 2.05) is 48.6 Å². The predicted molar refractivity (Wildman–Crippen MR) is 166 cm³/mol. The molecule has 0 bridgehead atoms. The number of rotatable bonds is 9. The van der Waals surface area contributed by atoms with Gasteiger partial charge < -0.3 is 25.3 Å². The molecule has 6 rings (SSSR count). The lowest BCUT2D eigenvalue weighted by molar-refractivity contribution is 0.0800. The van der Waals surface area contributed by atoms with Crippen molar-refractivity contribution in [1.82, 2.24) is 30.2 Å². The zero-order valence-corrected chi connectivity index (χ0v) is 24.4. The van der Waals surface area contributed by atoms with Crippen molar-refractivity contribution >= 4 is 63.0 Å². The molecule has 0 saturated heterocycles. The maximum Gasteiger partial charge on any atom is 0.408 e. The number of ether oxygens (including phenoxy) is 1. The van der Waals surface area contributed by atoms with E-state index in [4.69, 9.17) is 27.9 Å². The van der Waals surface area contributed by atoms with E-state index >= 15 is 0 Å². The highest BCUT2D eigenvalue weighted by Crippen LogP contribution is 2.29. The molecule has 3 aromatic carbocycles. The van der Waals surface area contributed by atoms with E-state index in [0.29, 0.717) is 69.7 Å². The van der Waals surface area contributed by atoms with Crippen LogP contribution in [0.5, 0.6) is 0 Å². The van der Waals surface area contributed by atoms with Crippen LogP contribution >= 0.6 is 23.2 Å². The molecule has 0 spiro atoms. The molecule has 2 amide bonds. The van der Waals surface area contributed by atoms with E-state index in [1.54, 1.807) is 29.2 Å². The Morgan fingerprint density at radius 1 is 1.00 bits per heavy atom. The highest BCUT2D eigenvalue weighted by molar-refractivity contribution is 6.35. The molecule has 1 atom stereocenters. The largest absolute Gasteiger partial charge is 0.445 e. The Kier molecular flexibility index (Phi) is 8.39. The second-order valence-electron chi connectivity index (χ2n) is 10.0. The number of aromatic amines is 1. The molecule has 2 aromatic heterocycles. The maximum absolute atomic E-state index is 13.0. The fraction of sp³-hybridized carbons (Fsp3) is 0.194. The number of nitrogens with one attached hydrogen (secondary N) is 3. The lowest BCUT2D eigenvalue weighted by Crippen LogP contribution is -2.31. The molecular weight excluding hydrogens is 589 g/mol. The second-order valence-corrected chi connectivity index (χ2v) is 10.9. The van der Waals surface area contributed by atoms with Gasteiger partial charge in [-0.15, -0.1) is 0 Å². The van der Waals surface area contributed by atoms with Crippen molar-refractivity contribution in [2.75, 3.05) is 25.0 Å². The van der Waals surface area contributed by atoms with Gasteiger partial charge in [-0.2, -0.15) is 0 Å². The fourth-order valence-corrected chi connectivity index (χ4v) is 5.29. The van der Waals surface area contributed by atoms with Crippen molar-refractivity contribution in [2.45, 2.75) is 19.1 Å². The Morgan fingerprint density at radius 3 is 2.63 bits per heavy atom. The van der Waals surface area contributed by atoms with Gasteiger partial charge in [0.25, 0.3) is 5.91 Å². The molecule has 1 aliphatic heterocycles. The van der Waals surface area contributed by atoms with Gasteiger partial charge in [0.2, 0.25) is 0 Å². The summed E-state index contributed by atoms with van der Waals surface area (Å²) in [6.07, 6.45) is 5.19. The highest BCUT2D eigenvalue weighted by Gasteiger charge is 2.22. The number of amides is 2. The third kappa shape index (κ3) is 6.55. The molecular formula is C31H27Cl2N7O3. The molecule has 3 N–H and O–H groups in total. The minimum absolute atomic E-state index is 0.139. The van der Waals surface area contributed by atoms with Crippen molar-refractivity contribution in [1.29, 1.82) is 0 Å². The summed E-state index contributed by atoms with van der Waals surface area (Å²) in [5.41, 5.74) is 3.34. The van der Waals surface area contributed by atoms with Crippen LogP contribution in [0.25, 0.3) is 21.9 Å². The molecule has 0 saturated carbocycles. The van der Waals surface area contributed by atoms with Gasteiger partial charge in [0.15, 0.2) is 0 Å². The van der Waals surface area contributed by atoms with Crippen LogP contribution in [0, 0.1) is 0 Å². The average molecular weight is 617 g/mol. The fourth-order valence-electron chi connectivity index (χ4n) is 4.88. The van der Waals surface area contributed by atoms with Gasteiger partial charge in [0, 0.05) is 30.0 Å². The molecule has 3 heterocycles. The van der Waals surface area contributed by atoms with Crippen LogP contribution in [0.2, 0.25) is 10.0 Å². The number of carbonyl (C=O) groups excluding carboxylic acids is 2. The van der Waals surface area contributed by atoms with E-state index in [2.05, 4.69) is 30.6 Å². The Morgan fingerprint density at radius 2 is 1.81 bits per heavy atom. The van der Waals surface area contributed by atoms with Crippen LogP contribution < -0.4 is 10.6 Å². The van der Waals surface area contributed by atoms with E-state index in [9.17, 15) is 9.59 Å². The molecule has 5 aromatic rings. The summed E-state index contributed by atoms with van der Waals surface area (Å²) in [4.78, 5) is 44.2. The Bertz CT molecular complexity index is 1820. The lowest BCUT2D eigenvalue weighted by Gasteiger charge is -2.18. The first-order chi connectivity index (χ1) is 20.9. The molecule has 1 unspecified atom stereocenters. The predicted octanol–water partition coefficient (Wildman–Crippen LogP) is 6.29. The van der Waals surface area contributed by atoms with Crippen molar-refractivity contribution in [3.05, 3.63) is 106 Å². The van der Waals surface area contributed by atoms with E-state index in [1.165, 1.54) is 6.33 Å². The Hall–Kier alpha value is -4.67. The number of benzene rings is 3. The number of imidazole rings is 1. The minimum atomic E-state index is -0.572. The van der Waals surface area contributed by atoms with Crippen molar-refractivity contribution in [3.8, 4) is 0 Å². The van der Waals surface area contributed by atoms with E-state index in [-0.39, 0.29) is 12.5 Å². The van der Waals surface area contributed by atoms with Crippen LogP contribution in [-0.2, 0) is 11.3 Å². The molecule has 43 heavy (non-hydrogen) atoms. The summed E-state index contributed by atoms with van der Waals surface area (Å²) in [5, 5.41) is 7.82.